The summed E-state index contributed by atoms with van der Waals surface area (Å²) in [7, 11) is 3.18. The predicted molar refractivity (Wildman–Crippen MR) is 468 cm³/mol. The highest BCUT2D eigenvalue weighted by Gasteiger charge is 2.48. The van der Waals surface area contributed by atoms with E-state index >= 15 is 0 Å². The number of fused-ring (bicyclic) bond motifs is 15. The van der Waals surface area contributed by atoms with Gasteiger partial charge >= 0.3 is 16.9 Å². The number of rotatable bonds is 11. The Labute approximate surface area is 733 Å². The van der Waals surface area contributed by atoms with Crippen LogP contribution in [0, 0.1) is 38.6 Å². The third kappa shape index (κ3) is 13.4. The smallest absolute Gasteiger partial charge is 0.344 e. The molecule has 0 fully saturated rings. The van der Waals surface area contributed by atoms with Gasteiger partial charge in [-0.05, 0) is 175 Å². The fourth-order valence-corrected chi connectivity index (χ4v) is 17.7. The molecule has 32 heteroatoms. The summed E-state index contributed by atoms with van der Waals surface area (Å²) in [6, 6.07) is 75.2. The van der Waals surface area contributed by atoms with E-state index in [1.807, 2.05) is 194 Å². The van der Waals surface area contributed by atoms with E-state index in [0.717, 1.165) is 61.4 Å². The monoisotopic (exact) mass is 1730 g/mol. The van der Waals surface area contributed by atoms with Gasteiger partial charge in [0.15, 0.2) is 53.2 Å². The van der Waals surface area contributed by atoms with E-state index in [2.05, 4.69) is 77.5 Å². The van der Waals surface area contributed by atoms with Crippen molar-refractivity contribution < 1.29 is 50.1 Å². The first-order chi connectivity index (χ1) is 63.6. The Bertz CT molecular complexity index is 7940. The van der Waals surface area contributed by atoms with Gasteiger partial charge in [-0.2, -0.15) is 27.2 Å². The molecular formula is C98H67F3N18O11. The molecule has 18 aromatic rings. The van der Waals surface area contributed by atoms with Gasteiger partial charge in [-0.25, -0.2) is 29.3 Å². The number of aromatic nitrogens is 15. The molecular weight excluding hydrogens is 1660 g/mol. The van der Waals surface area contributed by atoms with Crippen LogP contribution in [0.2, 0.25) is 0 Å². The van der Waals surface area contributed by atoms with Crippen LogP contribution in [0.5, 0.6) is 28.7 Å². The number of methoxy groups -OCH3 is 2. The number of para-hydroxylation sites is 3. The molecule has 3 N–H and O–H groups in total. The van der Waals surface area contributed by atoms with Gasteiger partial charge in [-0.3, -0.25) is 0 Å². The van der Waals surface area contributed by atoms with Crippen LogP contribution >= 0.6 is 0 Å². The van der Waals surface area contributed by atoms with Crippen molar-refractivity contribution in [1.29, 1.82) is 0 Å². The SMILES string of the molecule is COc1ccc(C2C3=C(NC(c4ccccc4)n4nnnc43)Oc3c2c(=O)oc2ccccc32)cc1-c1cnc(F)c(C)c1.COc1ccc(C2NC3=C(c4nnnn42)C(c2ccc(-c4cnc(F)c(C)c4)cc2)c2c(c4ccccc4oc2=O)O3)cc1.Cc1cc(-c2ccc(C3C4=C(NC(c5ccccc5)n5nnnc54)Oc4c3c(=O)oc3ccccc43)cc2)cnc1F. The molecule has 6 aliphatic heterocycles. The molecule has 0 aliphatic carbocycles. The first-order valence-corrected chi connectivity index (χ1v) is 41.1. The minimum Gasteiger partial charge on any atom is -0.497 e. The van der Waals surface area contributed by atoms with Gasteiger partial charge in [0.2, 0.25) is 35.5 Å². The average Bonchev–Trinajstić information content (AvgIpc) is 0.930. The first kappa shape index (κ1) is 78.6. The minimum absolute atomic E-state index is 0.307. The van der Waals surface area contributed by atoms with Crippen LogP contribution in [0.3, 0.4) is 0 Å². The summed E-state index contributed by atoms with van der Waals surface area (Å²) in [6.07, 6.45) is 3.08. The molecule has 0 radical (unpaired) electrons. The van der Waals surface area contributed by atoms with Crippen molar-refractivity contribution in [2.24, 2.45) is 0 Å². The molecule has 636 valence electrons. The van der Waals surface area contributed by atoms with Crippen LogP contribution in [0.15, 0.2) is 307 Å². The molecule has 29 nitrogen and oxygen atoms in total. The number of aryl methyl sites for hydroxylation is 3. The van der Waals surface area contributed by atoms with Crippen molar-refractivity contribution in [3.05, 3.63) is 412 Å². The number of hydrogen-bond acceptors (Lipinski definition) is 26. The fourth-order valence-electron chi connectivity index (χ4n) is 17.7. The van der Waals surface area contributed by atoms with E-state index in [-0.39, 0.29) is 0 Å². The lowest BCUT2D eigenvalue weighted by Gasteiger charge is -2.36. The van der Waals surface area contributed by atoms with E-state index in [0.29, 0.717) is 152 Å². The van der Waals surface area contributed by atoms with Gasteiger partial charge < -0.3 is 52.9 Å². The summed E-state index contributed by atoms with van der Waals surface area (Å²) >= 11 is 0. The third-order valence-corrected chi connectivity index (χ3v) is 23.9. The number of tetrazole rings is 3. The Hall–Kier alpha value is -17.3. The number of ether oxygens (including phenoxy) is 5. The van der Waals surface area contributed by atoms with Crippen LogP contribution in [-0.4, -0.2) is 89.8 Å². The number of benzene rings is 9. The van der Waals surface area contributed by atoms with Crippen molar-refractivity contribution in [2.75, 3.05) is 14.2 Å². The second-order valence-corrected chi connectivity index (χ2v) is 31.5. The predicted octanol–water partition coefficient (Wildman–Crippen LogP) is 16.0. The Morgan fingerprint density at radius 3 is 1.05 bits per heavy atom. The lowest BCUT2D eigenvalue weighted by Crippen LogP contribution is -2.39. The first-order valence-electron chi connectivity index (χ1n) is 41.1. The summed E-state index contributed by atoms with van der Waals surface area (Å²) in [5.74, 6) is 1.68. The molecule has 0 saturated carbocycles. The second kappa shape index (κ2) is 31.7. The van der Waals surface area contributed by atoms with Crippen LogP contribution in [0.25, 0.3) is 83.0 Å². The van der Waals surface area contributed by atoms with Crippen LogP contribution < -0.4 is 56.5 Å². The molecule has 6 aliphatic rings. The quantitative estimate of drug-likeness (QED) is 0.0800. The molecule has 9 aromatic carbocycles. The second-order valence-electron chi connectivity index (χ2n) is 31.5. The Balaban J connectivity index is 0.000000114. The van der Waals surface area contributed by atoms with Crippen LogP contribution in [0.4, 0.5) is 13.2 Å². The Morgan fingerprint density at radius 2 is 0.677 bits per heavy atom. The highest BCUT2D eigenvalue weighted by molar-refractivity contribution is 5.93. The van der Waals surface area contributed by atoms with Crippen molar-refractivity contribution in [2.45, 2.75) is 57.0 Å². The summed E-state index contributed by atoms with van der Waals surface area (Å²) in [4.78, 5) is 52.8. The van der Waals surface area contributed by atoms with Gasteiger partial charge in [0.1, 0.15) is 28.2 Å². The summed E-state index contributed by atoms with van der Waals surface area (Å²) in [5, 5.41) is 50.6. The van der Waals surface area contributed by atoms with Crippen LogP contribution in [0.1, 0.15) is 120 Å². The lowest BCUT2D eigenvalue weighted by molar-refractivity contribution is 0.305. The fraction of sp³-hybridized carbons (Fsp3) is 0.112. The highest BCUT2D eigenvalue weighted by Crippen LogP contribution is 2.55. The zero-order valence-corrected chi connectivity index (χ0v) is 69.1. The summed E-state index contributed by atoms with van der Waals surface area (Å²) < 4.78 is 94.9. The molecule has 24 rings (SSSR count). The van der Waals surface area contributed by atoms with Gasteiger partial charge in [0.25, 0.3) is 0 Å². The van der Waals surface area contributed by atoms with E-state index in [9.17, 15) is 27.6 Å². The number of pyridine rings is 3. The average molecular weight is 1730 g/mol. The normalized spacial score (nSPS) is 17.0. The zero-order chi connectivity index (χ0) is 88.3. The van der Waals surface area contributed by atoms with Crippen LogP contribution in [-0.2, 0) is 0 Å². The summed E-state index contributed by atoms with van der Waals surface area (Å²) in [6.45, 7) is 5.01. The standard InChI is InChI=1S/2C33H23FN6O4.C32H21FN6O3/c1-17-14-20(16-35-29(17)34)22-15-19(12-13-23(22)42-2)25-26-28(21-10-6-7-11-24(21)43-33(26)41)44-32-27(25)31-37-38-39-40(31)30(36-32)18-8-4-3-5-9-18;1-17-15-21(16-35-29(17)34)18-7-9-19(10-8-18)25-26-28(23-5-3-4-6-24(23)43-33(26)41)44-32-27(25)31-37-38-39-40(31)30(36-32)20-11-13-22(42-2)14-12-20;1-17-15-21(16-34-28(17)33)18-11-13-19(14-12-18)24-25-27(22-9-5-6-10-23(22)41-32(25)40)42-31-26(24)30-36-37-38-39(30)29(35-31)20-7-3-2-4-8-20/h2*3-16,25,30,36H,1-2H3;2-16,24,29,35H,1H3. The largest absolute Gasteiger partial charge is 0.497 e. The molecule has 6 unspecified atom stereocenters. The lowest BCUT2D eigenvalue weighted by atomic mass is 9.81. The van der Waals surface area contributed by atoms with E-state index < -0.39 is 71.0 Å². The number of halogens is 3. The molecule has 0 amide bonds. The number of allylic oxidation sites excluding steroid dienone is 3. The molecule has 9 aromatic heterocycles. The third-order valence-electron chi connectivity index (χ3n) is 23.9. The highest BCUT2D eigenvalue weighted by atomic mass is 19.1. The maximum atomic E-state index is 14.1. The molecule has 0 bridgehead atoms. The van der Waals surface area contributed by atoms with Crippen molar-refractivity contribution in [3.8, 4) is 62.1 Å². The van der Waals surface area contributed by atoms with Gasteiger partial charge in [0, 0.05) is 57.5 Å². The maximum absolute atomic E-state index is 14.1. The number of hydrogen-bond donors (Lipinski definition) is 3. The van der Waals surface area contributed by atoms with Crippen molar-refractivity contribution in [3.63, 3.8) is 0 Å². The molecule has 130 heavy (non-hydrogen) atoms. The van der Waals surface area contributed by atoms with Gasteiger partial charge in [-0.1, -0.05) is 164 Å². The zero-order valence-electron chi connectivity index (χ0n) is 69.1. The maximum Gasteiger partial charge on any atom is 0.344 e. The van der Waals surface area contributed by atoms with Crippen molar-refractivity contribution in [1.82, 2.24) is 91.5 Å². The molecule has 6 atom stereocenters. The number of nitrogens with zero attached hydrogens (tertiary/aromatic N) is 15. The molecule has 15 heterocycles. The summed E-state index contributed by atoms with van der Waals surface area (Å²) in [5.41, 5.74) is 13.4. The number of nitrogens with one attached hydrogen (secondary N) is 3. The van der Waals surface area contributed by atoms with Crippen molar-refractivity contribution >= 4 is 49.6 Å². The van der Waals surface area contributed by atoms with E-state index in [1.165, 1.54) is 18.6 Å². The Kier molecular flexibility index (Phi) is 19.2. The van der Waals surface area contributed by atoms with Gasteiger partial charge in [-0.15, -0.1) is 15.3 Å². The van der Waals surface area contributed by atoms with E-state index in [1.54, 1.807) is 97.6 Å². The minimum atomic E-state index is -0.706. The molecule has 0 saturated heterocycles. The van der Waals surface area contributed by atoms with E-state index in [4.69, 9.17) is 36.9 Å². The van der Waals surface area contributed by atoms with Gasteiger partial charge in [0.05, 0.1) is 81.5 Å². The Morgan fingerprint density at radius 1 is 0.346 bits per heavy atom. The molecule has 0 spiro atoms. The topological polar surface area (TPSA) is 342 Å².